The van der Waals surface area contributed by atoms with E-state index < -0.39 is 0 Å². The van der Waals surface area contributed by atoms with Crippen molar-refractivity contribution in [1.29, 1.82) is 0 Å². The summed E-state index contributed by atoms with van der Waals surface area (Å²) in [4.78, 5) is 0. The highest BCUT2D eigenvalue weighted by Gasteiger charge is 2.08. The van der Waals surface area contributed by atoms with Gasteiger partial charge in [-0.05, 0) is 44.7 Å². The normalized spacial score (nSPS) is 19.1. The fourth-order valence-electron chi connectivity index (χ4n) is 2.37. The van der Waals surface area contributed by atoms with Gasteiger partial charge in [-0.1, -0.05) is 24.5 Å². The third-order valence-electron chi connectivity index (χ3n) is 3.50. The summed E-state index contributed by atoms with van der Waals surface area (Å²) >= 11 is 0. The fraction of sp³-hybridized carbons (Fsp3) is 0.625. The molecule has 2 heterocycles. The van der Waals surface area contributed by atoms with Crippen LogP contribution in [0.1, 0.15) is 56.1 Å². The third-order valence-corrected chi connectivity index (χ3v) is 3.50. The van der Waals surface area contributed by atoms with Gasteiger partial charge in [-0.2, -0.15) is 0 Å². The number of allylic oxidation sites excluding steroid dienone is 1. The predicted molar refractivity (Wildman–Crippen MR) is 73.6 cm³/mol. The third kappa shape index (κ3) is 4.02. The van der Waals surface area contributed by atoms with Gasteiger partial charge in [-0.3, -0.25) is 0 Å². The molecule has 1 aromatic heterocycles. The Balaban J connectivity index is 2.01. The van der Waals surface area contributed by atoms with Gasteiger partial charge in [0, 0.05) is 6.42 Å². The van der Waals surface area contributed by atoms with Crippen LogP contribution in [0, 0.1) is 6.92 Å². The van der Waals surface area contributed by atoms with Gasteiger partial charge in [-0.25, -0.2) is 0 Å². The van der Waals surface area contributed by atoms with Crippen LogP contribution in [-0.2, 0) is 17.8 Å². The van der Waals surface area contributed by atoms with E-state index in [2.05, 4.69) is 26.0 Å². The minimum atomic E-state index is 0.594. The van der Waals surface area contributed by atoms with Crippen molar-refractivity contribution >= 4 is 0 Å². The lowest BCUT2D eigenvalue weighted by Gasteiger charge is -2.05. The minimum Gasteiger partial charge on any atom is -0.463 e. The maximum Gasteiger partial charge on any atom is 0.132 e. The zero-order chi connectivity index (χ0) is 12.8. The second-order valence-corrected chi connectivity index (χ2v) is 5.32. The zero-order valence-corrected chi connectivity index (χ0v) is 11.6. The van der Waals surface area contributed by atoms with Crippen molar-refractivity contribution in [3.8, 4) is 0 Å². The van der Waals surface area contributed by atoms with Gasteiger partial charge in [0.05, 0.1) is 6.61 Å². The molecule has 0 aromatic carbocycles. The van der Waals surface area contributed by atoms with Gasteiger partial charge in [0.2, 0.25) is 0 Å². The molecular formula is C16H24O2. The first-order valence-electron chi connectivity index (χ1n) is 7.07. The van der Waals surface area contributed by atoms with Crippen molar-refractivity contribution in [2.45, 2.75) is 59.0 Å². The molecule has 1 aromatic rings. The SMILES string of the molecule is CC1=CCCCCCCc2cc(C)c(o2)COC1. The number of rotatable bonds is 0. The van der Waals surface area contributed by atoms with Gasteiger partial charge in [0.1, 0.15) is 18.1 Å². The standard InChI is InChI=1S/C16H24O2/c1-13-8-6-4-3-5-7-9-15-10-14(2)16(18-15)12-17-11-13/h8,10H,3-7,9,11-12H2,1-2H3. The number of ether oxygens (including phenoxy) is 1. The molecule has 0 atom stereocenters. The molecule has 0 spiro atoms. The number of aryl methyl sites for hydroxylation is 2. The van der Waals surface area contributed by atoms with Crippen LogP contribution in [0.25, 0.3) is 0 Å². The second-order valence-electron chi connectivity index (χ2n) is 5.32. The quantitative estimate of drug-likeness (QED) is 0.628. The first-order chi connectivity index (χ1) is 8.75. The van der Waals surface area contributed by atoms with E-state index in [4.69, 9.17) is 9.15 Å². The summed E-state index contributed by atoms with van der Waals surface area (Å²) in [6, 6.07) is 2.17. The van der Waals surface area contributed by atoms with E-state index in [-0.39, 0.29) is 0 Å². The highest BCUT2D eigenvalue weighted by atomic mass is 16.5. The molecule has 2 nitrogen and oxygen atoms in total. The van der Waals surface area contributed by atoms with Crippen molar-refractivity contribution in [2.75, 3.05) is 6.61 Å². The lowest BCUT2D eigenvalue weighted by Crippen LogP contribution is -1.97. The average Bonchev–Trinajstić information content (AvgIpc) is 2.68. The molecule has 0 saturated carbocycles. The monoisotopic (exact) mass is 248 g/mol. The molecule has 0 fully saturated rings. The predicted octanol–water partition coefficient (Wildman–Crippen LogP) is 4.56. The van der Waals surface area contributed by atoms with E-state index in [1.165, 1.54) is 43.2 Å². The largest absolute Gasteiger partial charge is 0.463 e. The molecule has 1 aliphatic rings. The number of fused-ring (bicyclic) bond motifs is 2. The van der Waals surface area contributed by atoms with Crippen LogP contribution < -0.4 is 0 Å². The van der Waals surface area contributed by atoms with Crippen molar-refractivity contribution in [1.82, 2.24) is 0 Å². The Hall–Kier alpha value is -1.02. The van der Waals surface area contributed by atoms with E-state index in [0.29, 0.717) is 6.61 Å². The molecule has 100 valence electrons. The molecular weight excluding hydrogens is 224 g/mol. The number of furan rings is 1. The highest BCUT2D eigenvalue weighted by Crippen LogP contribution is 2.19. The lowest BCUT2D eigenvalue weighted by atomic mass is 10.1. The Morgan fingerprint density at radius 2 is 1.83 bits per heavy atom. The molecule has 1 aliphatic heterocycles. The number of hydrogen-bond acceptors (Lipinski definition) is 2. The summed E-state index contributed by atoms with van der Waals surface area (Å²) in [5.41, 5.74) is 2.55. The molecule has 0 N–H and O–H groups in total. The molecule has 2 rings (SSSR count). The van der Waals surface area contributed by atoms with Gasteiger partial charge in [0.15, 0.2) is 0 Å². The summed E-state index contributed by atoms with van der Waals surface area (Å²) in [5.74, 6) is 2.12. The maximum atomic E-state index is 5.85. The molecule has 0 radical (unpaired) electrons. The van der Waals surface area contributed by atoms with Crippen LogP contribution in [0.4, 0.5) is 0 Å². The Kier molecular flexibility index (Phi) is 5.06. The fourth-order valence-corrected chi connectivity index (χ4v) is 2.37. The molecule has 0 saturated heterocycles. The van der Waals surface area contributed by atoms with Crippen molar-refractivity contribution < 1.29 is 9.15 Å². The van der Waals surface area contributed by atoms with Crippen LogP contribution in [-0.4, -0.2) is 6.61 Å². The first kappa shape index (κ1) is 13.4. The van der Waals surface area contributed by atoms with Crippen molar-refractivity contribution in [2.24, 2.45) is 0 Å². The topological polar surface area (TPSA) is 22.4 Å². The van der Waals surface area contributed by atoms with Crippen LogP contribution in [0.15, 0.2) is 22.1 Å². The Morgan fingerprint density at radius 1 is 1.00 bits per heavy atom. The Morgan fingerprint density at radius 3 is 2.72 bits per heavy atom. The first-order valence-corrected chi connectivity index (χ1v) is 7.07. The lowest BCUT2D eigenvalue weighted by molar-refractivity contribution is 0.124. The second kappa shape index (κ2) is 6.79. The maximum absolute atomic E-state index is 5.85. The summed E-state index contributed by atoms with van der Waals surface area (Å²) in [7, 11) is 0. The molecule has 0 aliphatic carbocycles. The van der Waals surface area contributed by atoms with Crippen LogP contribution >= 0.6 is 0 Å². The van der Waals surface area contributed by atoms with Crippen LogP contribution in [0.2, 0.25) is 0 Å². The average molecular weight is 248 g/mol. The minimum absolute atomic E-state index is 0.594. The molecule has 2 heteroatoms. The Bertz CT molecular complexity index is 401. The highest BCUT2D eigenvalue weighted by molar-refractivity contribution is 5.19. The van der Waals surface area contributed by atoms with E-state index >= 15 is 0 Å². The molecule has 18 heavy (non-hydrogen) atoms. The van der Waals surface area contributed by atoms with Gasteiger partial charge < -0.3 is 9.15 Å². The molecule has 0 unspecified atom stereocenters. The van der Waals surface area contributed by atoms with Gasteiger partial charge >= 0.3 is 0 Å². The molecule has 2 bridgehead atoms. The Labute approximate surface area is 110 Å². The van der Waals surface area contributed by atoms with Gasteiger partial charge in [0.25, 0.3) is 0 Å². The van der Waals surface area contributed by atoms with Crippen LogP contribution in [0.5, 0.6) is 0 Å². The van der Waals surface area contributed by atoms with E-state index in [1.54, 1.807) is 0 Å². The molecule has 0 amide bonds. The van der Waals surface area contributed by atoms with Gasteiger partial charge in [-0.15, -0.1) is 0 Å². The summed E-state index contributed by atoms with van der Waals surface area (Å²) < 4.78 is 11.6. The van der Waals surface area contributed by atoms with Crippen molar-refractivity contribution in [3.05, 3.63) is 34.8 Å². The summed E-state index contributed by atoms with van der Waals surface area (Å²) in [5, 5.41) is 0. The van der Waals surface area contributed by atoms with Crippen molar-refractivity contribution in [3.63, 3.8) is 0 Å². The van der Waals surface area contributed by atoms with E-state index in [9.17, 15) is 0 Å². The summed E-state index contributed by atoms with van der Waals surface area (Å²) in [6.07, 6.45) is 9.71. The van der Waals surface area contributed by atoms with E-state index in [1.807, 2.05) is 0 Å². The van der Waals surface area contributed by atoms with Crippen LogP contribution in [0.3, 0.4) is 0 Å². The zero-order valence-electron chi connectivity index (χ0n) is 11.6. The summed E-state index contributed by atoms with van der Waals surface area (Å²) in [6.45, 7) is 5.56. The smallest absolute Gasteiger partial charge is 0.132 e. The number of hydrogen-bond donors (Lipinski definition) is 0. The van der Waals surface area contributed by atoms with E-state index in [0.717, 1.165) is 24.5 Å².